The van der Waals surface area contributed by atoms with Crippen LogP contribution in [0, 0.1) is 5.92 Å². The molecular formula is C16H23NO5. The maximum absolute atomic E-state index is 11.8. The number of alkyl carbamates (subject to hydrolysis) is 1. The second-order valence-corrected chi connectivity index (χ2v) is 5.32. The Labute approximate surface area is 130 Å². The Hall–Kier alpha value is -2.08. The zero-order valence-corrected chi connectivity index (χ0v) is 13.1. The average Bonchev–Trinajstić information content (AvgIpc) is 2.51. The number of methoxy groups -OCH3 is 1. The van der Waals surface area contributed by atoms with Crippen molar-refractivity contribution in [1.82, 2.24) is 5.32 Å². The smallest absolute Gasteiger partial charge is 0.407 e. The van der Waals surface area contributed by atoms with Crippen molar-refractivity contribution in [3.63, 3.8) is 0 Å². The number of rotatable bonds is 7. The number of carbonyl (C=O) groups is 2. The Bertz CT molecular complexity index is 475. The molecule has 0 aliphatic carbocycles. The summed E-state index contributed by atoms with van der Waals surface area (Å²) in [5, 5.41) is 12.6. The minimum atomic E-state index is -1.03. The largest absolute Gasteiger partial charge is 0.469 e. The van der Waals surface area contributed by atoms with E-state index in [9.17, 15) is 14.7 Å². The van der Waals surface area contributed by atoms with E-state index in [4.69, 9.17) is 4.74 Å². The summed E-state index contributed by atoms with van der Waals surface area (Å²) >= 11 is 0. The van der Waals surface area contributed by atoms with Crippen LogP contribution < -0.4 is 5.32 Å². The molecule has 1 rings (SSSR count). The molecular weight excluding hydrogens is 286 g/mol. The van der Waals surface area contributed by atoms with Crippen LogP contribution in [0.2, 0.25) is 0 Å². The van der Waals surface area contributed by atoms with Gasteiger partial charge in [-0.1, -0.05) is 44.2 Å². The maximum atomic E-state index is 11.8. The topological polar surface area (TPSA) is 84.9 Å². The van der Waals surface area contributed by atoms with Crippen LogP contribution in [-0.4, -0.2) is 36.4 Å². The van der Waals surface area contributed by atoms with Crippen LogP contribution in [0.25, 0.3) is 0 Å². The number of amides is 1. The van der Waals surface area contributed by atoms with Crippen LogP contribution in [0.4, 0.5) is 4.79 Å². The molecule has 0 aliphatic heterocycles. The molecule has 1 aromatic rings. The summed E-state index contributed by atoms with van der Waals surface area (Å²) in [5.41, 5.74) is 0.869. The lowest BCUT2D eigenvalue weighted by Crippen LogP contribution is -2.47. The Kier molecular flexibility index (Phi) is 7.39. The monoisotopic (exact) mass is 309 g/mol. The summed E-state index contributed by atoms with van der Waals surface area (Å²) in [4.78, 5) is 23.0. The van der Waals surface area contributed by atoms with Crippen LogP contribution in [0.15, 0.2) is 30.3 Å². The number of hydrogen-bond donors (Lipinski definition) is 2. The van der Waals surface area contributed by atoms with Crippen LogP contribution in [-0.2, 0) is 20.9 Å². The normalized spacial score (nSPS) is 13.3. The van der Waals surface area contributed by atoms with Crippen LogP contribution >= 0.6 is 0 Å². The molecule has 1 amide bonds. The van der Waals surface area contributed by atoms with E-state index in [1.807, 2.05) is 44.2 Å². The number of aliphatic hydroxyl groups excluding tert-OH is 1. The summed E-state index contributed by atoms with van der Waals surface area (Å²) in [6.07, 6.45) is -1.85. The molecule has 122 valence electrons. The van der Waals surface area contributed by atoms with Gasteiger partial charge in [0.1, 0.15) is 6.61 Å². The van der Waals surface area contributed by atoms with Crippen LogP contribution in [0.5, 0.6) is 0 Å². The summed E-state index contributed by atoms with van der Waals surface area (Å²) in [5.74, 6) is -0.596. The molecule has 0 spiro atoms. The highest BCUT2D eigenvalue weighted by Gasteiger charge is 2.27. The van der Waals surface area contributed by atoms with Gasteiger partial charge in [0.15, 0.2) is 0 Å². The molecule has 2 N–H and O–H groups in total. The van der Waals surface area contributed by atoms with Gasteiger partial charge in [-0.3, -0.25) is 4.79 Å². The minimum Gasteiger partial charge on any atom is -0.469 e. The Morgan fingerprint density at radius 1 is 1.23 bits per heavy atom. The second kappa shape index (κ2) is 9.04. The fourth-order valence-corrected chi connectivity index (χ4v) is 1.99. The minimum absolute atomic E-state index is 0.0658. The zero-order valence-electron chi connectivity index (χ0n) is 13.1. The number of ether oxygens (including phenoxy) is 2. The molecule has 6 heteroatoms. The molecule has 0 radical (unpaired) electrons. The van der Waals surface area contributed by atoms with E-state index in [0.717, 1.165) is 5.56 Å². The third kappa shape index (κ3) is 6.13. The van der Waals surface area contributed by atoms with Crippen molar-refractivity contribution < 1.29 is 24.2 Å². The number of esters is 1. The van der Waals surface area contributed by atoms with Gasteiger partial charge in [-0.15, -0.1) is 0 Å². The number of benzene rings is 1. The summed E-state index contributed by atoms with van der Waals surface area (Å²) < 4.78 is 9.63. The molecule has 6 nitrogen and oxygen atoms in total. The third-order valence-corrected chi connectivity index (χ3v) is 3.23. The summed E-state index contributed by atoms with van der Waals surface area (Å²) in [7, 11) is 1.25. The van der Waals surface area contributed by atoms with Gasteiger partial charge in [0, 0.05) is 0 Å². The average molecular weight is 309 g/mol. The quantitative estimate of drug-likeness (QED) is 0.751. The van der Waals surface area contributed by atoms with Crippen molar-refractivity contribution in [2.45, 2.75) is 39.0 Å². The van der Waals surface area contributed by atoms with E-state index in [2.05, 4.69) is 10.1 Å². The summed E-state index contributed by atoms with van der Waals surface area (Å²) in [6, 6.07) is 8.68. The van der Waals surface area contributed by atoms with Crippen LogP contribution in [0.3, 0.4) is 0 Å². The number of hydrogen-bond acceptors (Lipinski definition) is 5. The standard InChI is InChI=1S/C16H23NO5/c1-11(2)15(13(18)9-14(19)21-3)17-16(20)22-10-12-7-5-4-6-8-12/h4-8,11,13,15,18H,9-10H2,1-3H3,(H,17,20)/t13-,15+/m1/s1. The molecule has 0 saturated carbocycles. The molecule has 2 atom stereocenters. The Morgan fingerprint density at radius 3 is 2.41 bits per heavy atom. The van der Waals surface area contributed by atoms with Crippen molar-refractivity contribution in [3.8, 4) is 0 Å². The highest BCUT2D eigenvalue weighted by Crippen LogP contribution is 2.11. The van der Waals surface area contributed by atoms with E-state index in [1.165, 1.54) is 7.11 Å². The van der Waals surface area contributed by atoms with Crippen molar-refractivity contribution in [2.24, 2.45) is 5.92 Å². The predicted octanol–water partition coefficient (Wildman–Crippen LogP) is 1.86. The van der Waals surface area contributed by atoms with Crippen molar-refractivity contribution >= 4 is 12.1 Å². The van der Waals surface area contributed by atoms with Crippen LogP contribution in [0.1, 0.15) is 25.8 Å². The van der Waals surface area contributed by atoms with Gasteiger partial charge in [0.25, 0.3) is 0 Å². The molecule has 0 heterocycles. The molecule has 0 fully saturated rings. The van der Waals surface area contributed by atoms with Crippen molar-refractivity contribution in [1.29, 1.82) is 0 Å². The molecule has 0 unspecified atom stereocenters. The molecule has 0 aliphatic rings. The van der Waals surface area contributed by atoms with Gasteiger partial charge in [-0.05, 0) is 11.5 Å². The maximum Gasteiger partial charge on any atom is 0.407 e. The van der Waals surface area contributed by atoms with E-state index in [1.54, 1.807) is 0 Å². The van der Waals surface area contributed by atoms with Gasteiger partial charge >= 0.3 is 12.1 Å². The zero-order chi connectivity index (χ0) is 16.5. The second-order valence-electron chi connectivity index (χ2n) is 5.32. The molecule has 0 saturated heterocycles. The molecule has 22 heavy (non-hydrogen) atoms. The van der Waals surface area contributed by atoms with Gasteiger partial charge in [-0.2, -0.15) is 0 Å². The molecule has 0 aromatic heterocycles. The fraction of sp³-hybridized carbons (Fsp3) is 0.500. The van der Waals surface area contributed by atoms with Gasteiger partial charge < -0.3 is 19.9 Å². The lowest BCUT2D eigenvalue weighted by Gasteiger charge is -2.26. The van der Waals surface area contributed by atoms with Crippen molar-refractivity contribution in [2.75, 3.05) is 7.11 Å². The molecule has 0 bridgehead atoms. The highest BCUT2D eigenvalue weighted by molar-refractivity contribution is 5.70. The van der Waals surface area contributed by atoms with Gasteiger partial charge in [-0.25, -0.2) is 4.79 Å². The lowest BCUT2D eigenvalue weighted by molar-refractivity contribution is -0.143. The number of nitrogens with one attached hydrogen (secondary N) is 1. The van der Waals surface area contributed by atoms with Crippen molar-refractivity contribution in [3.05, 3.63) is 35.9 Å². The van der Waals surface area contributed by atoms with E-state index in [0.29, 0.717) is 0 Å². The fourth-order valence-electron chi connectivity index (χ4n) is 1.99. The number of aliphatic hydroxyl groups is 1. The van der Waals surface area contributed by atoms with E-state index >= 15 is 0 Å². The van der Waals surface area contributed by atoms with E-state index in [-0.39, 0.29) is 18.9 Å². The SMILES string of the molecule is COC(=O)C[C@@H](O)[C@@H](NC(=O)OCc1ccccc1)C(C)C. The highest BCUT2D eigenvalue weighted by atomic mass is 16.5. The first kappa shape index (κ1) is 18.0. The number of carbonyl (C=O) groups excluding carboxylic acids is 2. The Balaban J connectivity index is 2.51. The first-order valence-electron chi connectivity index (χ1n) is 7.16. The predicted molar refractivity (Wildman–Crippen MR) is 81.0 cm³/mol. The Morgan fingerprint density at radius 2 is 1.86 bits per heavy atom. The summed E-state index contributed by atoms with van der Waals surface area (Å²) in [6.45, 7) is 3.82. The first-order chi connectivity index (χ1) is 10.4. The lowest BCUT2D eigenvalue weighted by atomic mass is 9.96. The first-order valence-corrected chi connectivity index (χ1v) is 7.16. The third-order valence-electron chi connectivity index (χ3n) is 3.23. The molecule has 1 aromatic carbocycles. The van der Waals surface area contributed by atoms with E-state index < -0.39 is 24.2 Å². The van der Waals surface area contributed by atoms with Gasteiger partial charge in [0.05, 0.1) is 25.7 Å². The van der Waals surface area contributed by atoms with Gasteiger partial charge in [0.2, 0.25) is 0 Å².